The number of hydrogen-bond acceptors (Lipinski definition) is 3. The van der Waals surface area contributed by atoms with Gasteiger partial charge in [0.25, 0.3) is 0 Å². The average Bonchev–Trinajstić information content (AvgIpc) is 2.85. The third-order valence-electron chi connectivity index (χ3n) is 6.73. The maximum atomic E-state index is 9.73. The van der Waals surface area contributed by atoms with Gasteiger partial charge in [0.05, 0.1) is 13.2 Å². The predicted molar refractivity (Wildman–Crippen MR) is 143 cm³/mol. The minimum absolute atomic E-state index is 0.0405. The highest BCUT2D eigenvalue weighted by Crippen LogP contribution is 2.40. The molecule has 3 heteroatoms. The topological polar surface area (TPSA) is 41.5 Å². The fourth-order valence-corrected chi connectivity index (χ4v) is 5.07. The van der Waals surface area contributed by atoms with Gasteiger partial charge in [-0.15, -0.1) is 0 Å². The molecule has 4 aromatic rings. The van der Waals surface area contributed by atoms with Crippen molar-refractivity contribution in [3.05, 3.63) is 107 Å². The van der Waals surface area contributed by atoms with E-state index >= 15 is 0 Å². The highest BCUT2D eigenvalue weighted by molar-refractivity contribution is 5.83. The number of nitrogens with one attached hydrogen (secondary N) is 1. The van der Waals surface area contributed by atoms with Crippen molar-refractivity contribution < 1.29 is 9.84 Å². The van der Waals surface area contributed by atoms with Gasteiger partial charge in [0.1, 0.15) is 5.75 Å². The van der Waals surface area contributed by atoms with Crippen molar-refractivity contribution in [1.29, 1.82) is 0 Å². The maximum Gasteiger partial charge on any atom is 0.118 e. The summed E-state index contributed by atoms with van der Waals surface area (Å²) in [6.07, 6.45) is 1.63. The molecule has 176 valence electrons. The van der Waals surface area contributed by atoms with Gasteiger partial charge in [-0.1, -0.05) is 72.3 Å². The first-order valence-corrected chi connectivity index (χ1v) is 12.1. The molecule has 0 aromatic heterocycles. The van der Waals surface area contributed by atoms with Crippen molar-refractivity contribution in [3.63, 3.8) is 0 Å². The fraction of sp³-hybridized carbons (Fsp3) is 0.290. The zero-order chi connectivity index (χ0) is 24.1. The number of anilines is 1. The predicted octanol–water partition coefficient (Wildman–Crippen LogP) is 7.48. The van der Waals surface area contributed by atoms with Crippen molar-refractivity contribution in [2.45, 2.75) is 45.6 Å². The van der Waals surface area contributed by atoms with Crippen LogP contribution in [0, 0.1) is 20.8 Å². The van der Waals surface area contributed by atoms with E-state index in [1.807, 2.05) is 12.1 Å². The Kier molecular flexibility index (Phi) is 7.54. The summed E-state index contributed by atoms with van der Waals surface area (Å²) >= 11 is 0. The molecule has 4 rings (SSSR count). The van der Waals surface area contributed by atoms with Crippen molar-refractivity contribution in [1.82, 2.24) is 0 Å². The van der Waals surface area contributed by atoms with Crippen LogP contribution in [0.25, 0.3) is 10.8 Å². The van der Waals surface area contributed by atoms with Gasteiger partial charge >= 0.3 is 0 Å². The number of rotatable bonds is 9. The van der Waals surface area contributed by atoms with Crippen LogP contribution < -0.4 is 10.1 Å². The molecule has 0 heterocycles. The van der Waals surface area contributed by atoms with E-state index in [1.165, 1.54) is 44.3 Å². The van der Waals surface area contributed by atoms with E-state index in [0.29, 0.717) is 0 Å². The Morgan fingerprint density at radius 3 is 2.09 bits per heavy atom. The second kappa shape index (κ2) is 10.8. The number of benzene rings is 4. The Morgan fingerprint density at radius 2 is 1.44 bits per heavy atom. The molecule has 0 radical (unpaired) electrons. The summed E-state index contributed by atoms with van der Waals surface area (Å²) in [7, 11) is 1.70. The lowest BCUT2D eigenvalue weighted by atomic mass is 9.82. The maximum absolute atomic E-state index is 9.73. The molecule has 0 aliphatic heterocycles. The minimum Gasteiger partial charge on any atom is -0.497 e. The molecule has 0 aliphatic rings. The van der Waals surface area contributed by atoms with Crippen LogP contribution >= 0.6 is 0 Å². The number of aryl methyl sites for hydroxylation is 3. The van der Waals surface area contributed by atoms with E-state index in [1.54, 1.807) is 7.11 Å². The van der Waals surface area contributed by atoms with Crippen molar-refractivity contribution in [3.8, 4) is 5.75 Å². The van der Waals surface area contributed by atoms with Crippen LogP contribution in [-0.4, -0.2) is 18.8 Å². The van der Waals surface area contributed by atoms with E-state index in [2.05, 4.69) is 92.8 Å². The molecular formula is C31H35NO2. The second-order valence-electron chi connectivity index (χ2n) is 9.25. The fourth-order valence-electron chi connectivity index (χ4n) is 5.07. The highest BCUT2D eigenvalue weighted by Gasteiger charge is 2.26. The summed E-state index contributed by atoms with van der Waals surface area (Å²) in [6.45, 7) is 6.67. The molecule has 3 nitrogen and oxygen atoms in total. The summed E-state index contributed by atoms with van der Waals surface area (Å²) in [4.78, 5) is 0. The SMILES string of the molecule is COc1ccc(C(Nc2c(C)cc(C)cc2C)C(CCCO)c2ccc3ccccc3c2)cc1. The zero-order valence-corrected chi connectivity index (χ0v) is 20.6. The Bertz CT molecular complexity index is 1220. The standard InChI is InChI=1S/C31H35NO2/c1-21-18-22(2)30(23(3)19-21)32-31(25-13-15-28(34-4)16-14-25)29(10-7-17-33)27-12-11-24-8-5-6-9-26(24)20-27/h5-6,8-9,11-16,18-20,29,31-33H,7,10,17H2,1-4H3. The number of aliphatic hydroxyl groups is 1. The summed E-state index contributed by atoms with van der Waals surface area (Å²) in [6, 6.07) is 28.1. The normalized spacial score (nSPS) is 13.0. The third-order valence-corrected chi connectivity index (χ3v) is 6.73. The number of fused-ring (bicyclic) bond motifs is 1. The summed E-state index contributed by atoms with van der Waals surface area (Å²) in [5.74, 6) is 1.04. The molecular weight excluding hydrogens is 418 g/mol. The van der Waals surface area contributed by atoms with E-state index in [4.69, 9.17) is 4.74 Å². The van der Waals surface area contributed by atoms with E-state index in [-0.39, 0.29) is 18.6 Å². The van der Waals surface area contributed by atoms with Crippen LogP contribution in [0.2, 0.25) is 0 Å². The summed E-state index contributed by atoms with van der Waals surface area (Å²) in [5.41, 5.74) is 7.43. The Hall–Kier alpha value is -3.30. The van der Waals surface area contributed by atoms with Gasteiger partial charge in [-0.05, 0) is 78.8 Å². The van der Waals surface area contributed by atoms with Crippen LogP contribution in [-0.2, 0) is 0 Å². The molecule has 34 heavy (non-hydrogen) atoms. The third kappa shape index (κ3) is 5.26. The molecule has 0 spiro atoms. The van der Waals surface area contributed by atoms with Gasteiger partial charge in [-0.3, -0.25) is 0 Å². The molecule has 2 N–H and O–H groups in total. The molecule has 2 unspecified atom stereocenters. The van der Waals surface area contributed by atoms with Gasteiger partial charge in [0.2, 0.25) is 0 Å². The lowest BCUT2D eigenvalue weighted by molar-refractivity contribution is 0.277. The van der Waals surface area contributed by atoms with Crippen LogP contribution in [0.15, 0.2) is 78.9 Å². The Labute approximate surface area is 203 Å². The molecule has 2 atom stereocenters. The second-order valence-corrected chi connectivity index (χ2v) is 9.25. The molecule has 0 saturated carbocycles. The number of methoxy groups -OCH3 is 1. The largest absolute Gasteiger partial charge is 0.497 e. The van der Waals surface area contributed by atoms with Gasteiger partial charge in [-0.25, -0.2) is 0 Å². The number of aliphatic hydroxyl groups excluding tert-OH is 1. The van der Waals surface area contributed by atoms with Crippen molar-refractivity contribution in [2.24, 2.45) is 0 Å². The molecule has 0 amide bonds. The van der Waals surface area contributed by atoms with Gasteiger partial charge < -0.3 is 15.2 Å². The molecule has 0 aliphatic carbocycles. The number of ether oxygens (including phenoxy) is 1. The zero-order valence-electron chi connectivity index (χ0n) is 20.6. The monoisotopic (exact) mass is 453 g/mol. The van der Waals surface area contributed by atoms with E-state index < -0.39 is 0 Å². The minimum atomic E-state index is 0.0405. The smallest absolute Gasteiger partial charge is 0.118 e. The van der Waals surface area contributed by atoms with Gasteiger partial charge in [0.15, 0.2) is 0 Å². The number of hydrogen-bond donors (Lipinski definition) is 2. The highest BCUT2D eigenvalue weighted by atomic mass is 16.5. The van der Waals surface area contributed by atoms with Gasteiger partial charge in [-0.2, -0.15) is 0 Å². The molecule has 0 bridgehead atoms. The Morgan fingerprint density at radius 1 is 0.794 bits per heavy atom. The lowest BCUT2D eigenvalue weighted by Crippen LogP contribution is -2.21. The van der Waals surface area contributed by atoms with Crippen molar-refractivity contribution >= 4 is 16.5 Å². The van der Waals surface area contributed by atoms with E-state index in [9.17, 15) is 5.11 Å². The Balaban J connectivity index is 1.83. The average molecular weight is 454 g/mol. The molecule has 4 aromatic carbocycles. The first-order valence-electron chi connectivity index (χ1n) is 12.1. The molecule has 0 saturated heterocycles. The van der Waals surface area contributed by atoms with Gasteiger partial charge in [0, 0.05) is 18.2 Å². The van der Waals surface area contributed by atoms with Crippen molar-refractivity contribution in [2.75, 3.05) is 19.0 Å². The van der Waals surface area contributed by atoms with Crippen LogP contribution in [0.4, 0.5) is 5.69 Å². The van der Waals surface area contributed by atoms with Crippen LogP contribution in [0.5, 0.6) is 5.75 Å². The van der Waals surface area contributed by atoms with E-state index in [0.717, 1.165) is 18.6 Å². The quantitative estimate of drug-likeness (QED) is 0.276. The lowest BCUT2D eigenvalue weighted by Gasteiger charge is -2.32. The first kappa shape index (κ1) is 23.8. The summed E-state index contributed by atoms with van der Waals surface area (Å²) in [5, 5.41) is 16.1. The molecule has 0 fully saturated rings. The first-order chi connectivity index (χ1) is 16.5. The van der Waals surface area contributed by atoms with Crippen LogP contribution in [0.3, 0.4) is 0 Å². The summed E-state index contributed by atoms with van der Waals surface area (Å²) < 4.78 is 5.42. The van der Waals surface area contributed by atoms with Crippen LogP contribution in [0.1, 0.15) is 52.6 Å².